The van der Waals surface area contributed by atoms with Gasteiger partial charge in [-0.2, -0.15) is 0 Å². The minimum absolute atomic E-state index is 0.0564. The molecule has 1 aromatic rings. The van der Waals surface area contributed by atoms with Gasteiger partial charge in [-0.25, -0.2) is 0 Å². The SMILES string of the molecule is NC1(CC(=O)NCCc2ccco2)CCCC1. The number of nitrogens with one attached hydrogen (secondary N) is 1. The summed E-state index contributed by atoms with van der Waals surface area (Å²) >= 11 is 0. The zero-order valence-electron chi connectivity index (χ0n) is 10.1. The van der Waals surface area contributed by atoms with Crippen LogP contribution in [0.3, 0.4) is 0 Å². The lowest BCUT2D eigenvalue weighted by molar-refractivity contribution is -0.122. The number of carbonyl (C=O) groups is 1. The average Bonchev–Trinajstić information content (AvgIpc) is 2.90. The fourth-order valence-corrected chi connectivity index (χ4v) is 2.42. The number of hydrogen-bond donors (Lipinski definition) is 2. The number of amides is 1. The van der Waals surface area contributed by atoms with Crippen LogP contribution in [0.25, 0.3) is 0 Å². The molecule has 1 fully saturated rings. The standard InChI is InChI=1S/C13H20N2O2/c14-13(6-1-2-7-13)10-12(16)15-8-5-11-4-3-9-17-11/h3-4,9H,1-2,5-8,10,14H2,(H,15,16). The highest BCUT2D eigenvalue weighted by Crippen LogP contribution is 2.29. The molecule has 0 unspecified atom stereocenters. The van der Waals surface area contributed by atoms with Crippen LogP contribution in [-0.4, -0.2) is 18.0 Å². The number of hydrogen-bond acceptors (Lipinski definition) is 3. The van der Waals surface area contributed by atoms with Gasteiger partial charge in [0.05, 0.1) is 6.26 Å². The molecular formula is C13H20N2O2. The first-order chi connectivity index (χ1) is 8.18. The van der Waals surface area contributed by atoms with Crippen molar-refractivity contribution < 1.29 is 9.21 Å². The fraction of sp³-hybridized carbons (Fsp3) is 0.615. The van der Waals surface area contributed by atoms with Crippen LogP contribution in [0.2, 0.25) is 0 Å². The van der Waals surface area contributed by atoms with Gasteiger partial charge in [-0.3, -0.25) is 4.79 Å². The van der Waals surface area contributed by atoms with Crippen molar-refractivity contribution in [1.82, 2.24) is 5.32 Å². The van der Waals surface area contributed by atoms with E-state index in [4.69, 9.17) is 10.2 Å². The first kappa shape index (κ1) is 12.2. The Kier molecular flexibility index (Phi) is 3.84. The third-order valence-electron chi connectivity index (χ3n) is 3.39. The maximum absolute atomic E-state index is 11.7. The van der Waals surface area contributed by atoms with Crippen molar-refractivity contribution in [1.29, 1.82) is 0 Å². The average molecular weight is 236 g/mol. The summed E-state index contributed by atoms with van der Waals surface area (Å²) in [5, 5.41) is 2.89. The zero-order valence-corrected chi connectivity index (χ0v) is 10.1. The molecule has 4 heteroatoms. The van der Waals surface area contributed by atoms with Crippen molar-refractivity contribution in [3.05, 3.63) is 24.2 Å². The maximum atomic E-state index is 11.7. The monoisotopic (exact) mass is 236 g/mol. The molecule has 1 saturated carbocycles. The van der Waals surface area contributed by atoms with E-state index in [0.29, 0.717) is 13.0 Å². The molecule has 4 nitrogen and oxygen atoms in total. The molecule has 1 aromatic heterocycles. The summed E-state index contributed by atoms with van der Waals surface area (Å²) in [4.78, 5) is 11.7. The number of rotatable bonds is 5. The predicted molar refractivity (Wildman–Crippen MR) is 65.4 cm³/mol. The highest BCUT2D eigenvalue weighted by Gasteiger charge is 2.31. The topological polar surface area (TPSA) is 68.3 Å². The van der Waals surface area contributed by atoms with Gasteiger partial charge in [-0.05, 0) is 25.0 Å². The Morgan fingerprint density at radius 2 is 2.24 bits per heavy atom. The van der Waals surface area contributed by atoms with Gasteiger partial charge < -0.3 is 15.5 Å². The highest BCUT2D eigenvalue weighted by molar-refractivity contribution is 5.77. The lowest BCUT2D eigenvalue weighted by atomic mass is 9.94. The fourth-order valence-electron chi connectivity index (χ4n) is 2.42. The molecule has 0 radical (unpaired) electrons. The molecule has 0 aliphatic heterocycles. The Labute approximate surface area is 102 Å². The highest BCUT2D eigenvalue weighted by atomic mass is 16.3. The second-order valence-corrected chi connectivity index (χ2v) is 4.93. The van der Waals surface area contributed by atoms with Gasteiger partial charge in [-0.1, -0.05) is 12.8 Å². The van der Waals surface area contributed by atoms with E-state index in [1.54, 1.807) is 6.26 Å². The first-order valence-corrected chi connectivity index (χ1v) is 6.26. The van der Waals surface area contributed by atoms with Crippen molar-refractivity contribution >= 4 is 5.91 Å². The summed E-state index contributed by atoms with van der Waals surface area (Å²) in [6.45, 7) is 0.614. The van der Waals surface area contributed by atoms with Crippen molar-refractivity contribution in [2.75, 3.05) is 6.54 Å². The van der Waals surface area contributed by atoms with Crippen molar-refractivity contribution in [3.63, 3.8) is 0 Å². The second-order valence-electron chi connectivity index (χ2n) is 4.93. The number of carbonyl (C=O) groups excluding carboxylic acids is 1. The third kappa shape index (κ3) is 3.60. The molecule has 3 N–H and O–H groups in total. The molecule has 1 aliphatic rings. The van der Waals surface area contributed by atoms with E-state index >= 15 is 0 Å². The van der Waals surface area contributed by atoms with Crippen LogP contribution in [0.15, 0.2) is 22.8 Å². The van der Waals surface area contributed by atoms with Crippen molar-refractivity contribution in [3.8, 4) is 0 Å². The van der Waals surface area contributed by atoms with Gasteiger partial charge in [0, 0.05) is 24.9 Å². The smallest absolute Gasteiger partial charge is 0.221 e. The van der Waals surface area contributed by atoms with E-state index in [0.717, 1.165) is 37.9 Å². The van der Waals surface area contributed by atoms with Crippen LogP contribution in [-0.2, 0) is 11.2 Å². The van der Waals surface area contributed by atoms with Crippen LogP contribution in [0.4, 0.5) is 0 Å². The molecule has 0 spiro atoms. The Balaban J connectivity index is 1.67. The first-order valence-electron chi connectivity index (χ1n) is 6.26. The summed E-state index contributed by atoms with van der Waals surface area (Å²) in [6, 6.07) is 3.76. The summed E-state index contributed by atoms with van der Waals surface area (Å²) in [7, 11) is 0. The Morgan fingerprint density at radius 1 is 1.47 bits per heavy atom. The van der Waals surface area contributed by atoms with Crippen LogP contribution in [0, 0.1) is 0 Å². The van der Waals surface area contributed by atoms with Gasteiger partial charge in [0.25, 0.3) is 0 Å². The number of nitrogens with two attached hydrogens (primary N) is 1. The molecule has 0 aromatic carbocycles. The largest absolute Gasteiger partial charge is 0.469 e. The molecule has 0 bridgehead atoms. The Hall–Kier alpha value is -1.29. The molecule has 0 saturated heterocycles. The van der Waals surface area contributed by atoms with Crippen molar-refractivity contribution in [2.45, 2.75) is 44.1 Å². The van der Waals surface area contributed by atoms with Crippen LogP contribution >= 0.6 is 0 Å². The van der Waals surface area contributed by atoms with Gasteiger partial charge in [-0.15, -0.1) is 0 Å². The lowest BCUT2D eigenvalue weighted by Gasteiger charge is -2.22. The molecule has 1 heterocycles. The van der Waals surface area contributed by atoms with Crippen LogP contribution < -0.4 is 11.1 Å². The Morgan fingerprint density at radius 3 is 2.88 bits per heavy atom. The Bertz CT molecular complexity index is 354. The lowest BCUT2D eigenvalue weighted by Crippen LogP contribution is -2.42. The third-order valence-corrected chi connectivity index (χ3v) is 3.39. The molecule has 2 rings (SSSR count). The van der Waals surface area contributed by atoms with Crippen LogP contribution in [0.1, 0.15) is 37.9 Å². The van der Waals surface area contributed by atoms with Crippen LogP contribution in [0.5, 0.6) is 0 Å². The van der Waals surface area contributed by atoms with Gasteiger partial charge in [0.2, 0.25) is 5.91 Å². The molecular weight excluding hydrogens is 216 g/mol. The molecule has 1 amide bonds. The molecule has 94 valence electrons. The minimum Gasteiger partial charge on any atom is -0.469 e. The van der Waals surface area contributed by atoms with Gasteiger partial charge in [0.15, 0.2) is 0 Å². The quantitative estimate of drug-likeness (QED) is 0.816. The zero-order chi connectivity index (χ0) is 12.1. The van der Waals surface area contributed by atoms with Gasteiger partial charge in [0.1, 0.15) is 5.76 Å². The van der Waals surface area contributed by atoms with Crippen molar-refractivity contribution in [2.24, 2.45) is 5.73 Å². The van der Waals surface area contributed by atoms with E-state index in [1.807, 2.05) is 12.1 Å². The molecule has 1 aliphatic carbocycles. The molecule has 0 atom stereocenters. The van der Waals surface area contributed by atoms with Gasteiger partial charge >= 0.3 is 0 Å². The molecule has 17 heavy (non-hydrogen) atoms. The van der Waals surface area contributed by atoms with E-state index in [2.05, 4.69) is 5.32 Å². The normalized spacial score (nSPS) is 18.2. The second kappa shape index (κ2) is 5.36. The van der Waals surface area contributed by atoms with E-state index < -0.39 is 0 Å². The van der Waals surface area contributed by atoms with E-state index in [9.17, 15) is 4.79 Å². The summed E-state index contributed by atoms with van der Waals surface area (Å²) in [5.74, 6) is 0.953. The summed E-state index contributed by atoms with van der Waals surface area (Å²) < 4.78 is 5.19. The number of furan rings is 1. The van der Waals surface area contributed by atoms with E-state index in [1.165, 1.54) is 0 Å². The predicted octanol–water partition coefficient (Wildman–Crippen LogP) is 1.60. The summed E-state index contributed by atoms with van der Waals surface area (Å²) in [6.07, 6.45) is 7.07. The summed E-state index contributed by atoms with van der Waals surface area (Å²) in [5.41, 5.74) is 5.89. The van der Waals surface area contributed by atoms with E-state index in [-0.39, 0.29) is 11.4 Å². The minimum atomic E-state index is -0.255. The maximum Gasteiger partial charge on any atom is 0.221 e.